The van der Waals surface area contributed by atoms with Crippen LogP contribution < -0.4 is 5.32 Å². The molecule has 1 aliphatic rings. The SMILES string of the molecule is Cc1ccc(Nc2ccc(C(=O)N3CCCC3)nc2)cc1. The maximum atomic E-state index is 12.2. The molecule has 2 aromatic rings. The van der Waals surface area contributed by atoms with Crippen molar-refractivity contribution in [1.82, 2.24) is 9.88 Å². The third-order valence-corrected chi connectivity index (χ3v) is 3.72. The van der Waals surface area contributed by atoms with Gasteiger partial charge in [-0.15, -0.1) is 0 Å². The fourth-order valence-corrected chi connectivity index (χ4v) is 2.48. The smallest absolute Gasteiger partial charge is 0.272 e. The summed E-state index contributed by atoms with van der Waals surface area (Å²) in [4.78, 5) is 18.4. The van der Waals surface area contributed by atoms with Gasteiger partial charge in [-0.3, -0.25) is 4.79 Å². The lowest BCUT2D eigenvalue weighted by Crippen LogP contribution is -2.28. The van der Waals surface area contributed by atoms with E-state index in [2.05, 4.69) is 29.4 Å². The zero-order valence-corrected chi connectivity index (χ0v) is 12.2. The number of pyridine rings is 1. The van der Waals surface area contributed by atoms with Crippen LogP contribution in [0.15, 0.2) is 42.6 Å². The Morgan fingerprint density at radius 1 is 1.05 bits per heavy atom. The summed E-state index contributed by atoms with van der Waals surface area (Å²) in [5, 5.41) is 3.28. The number of carbonyl (C=O) groups is 1. The van der Waals surface area contributed by atoms with Crippen molar-refractivity contribution in [2.45, 2.75) is 19.8 Å². The standard InChI is InChI=1S/C17H19N3O/c1-13-4-6-14(7-5-13)19-15-8-9-16(18-12-15)17(21)20-10-2-3-11-20/h4-9,12,19H,2-3,10-11H2,1H3. The summed E-state index contributed by atoms with van der Waals surface area (Å²) in [7, 11) is 0. The number of aromatic nitrogens is 1. The van der Waals surface area contributed by atoms with Gasteiger partial charge in [-0.05, 0) is 44.0 Å². The summed E-state index contributed by atoms with van der Waals surface area (Å²) in [5.74, 6) is 0.0365. The normalized spacial score (nSPS) is 14.2. The molecule has 1 fully saturated rings. The average Bonchev–Trinajstić information content (AvgIpc) is 3.04. The summed E-state index contributed by atoms with van der Waals surface area (Å²) < 4.78 is 0. The van der Waals surface area contributed by atoms with Gasteiger partial charge in [0.05, 0.1) is 11.9 Å². The molecule has 0 spiro atoms. The minimum absolute atomic E-state index is 0.0365. The van der Waals surface area contributed by atoms with Gasteiger partial charge in [0.2, 0.25) is 0 Å². The number of nitrogens with zero attached hydrogens (tertiary/aromatic N) is 2. The molecule has 4 heteroatoms. The Morgan fingerprint density at radius 2 is 1.71 bits per heavy atom. The lowest BCUT2D eigenvalue weighted by Gasteiger charge is -2.14. The second kappa shape index (κ2) is 5.95. The van der Waals surface area contributed by atoms with E-state index in [9.17, 15) is 4.79 Å². The predicted octanol–water partition coefficient (Wildman–Crippen LogP) is 3.37. The van der Waals surface area contributed by atoms with Gasteiger partial charge in [0, 0.05) is 18.8 Å². The van der Waals surface area contributed by atoms with Gasteiger partial charge in [0.1, 0.15) is 5.69 Å². The van der Waals surface area contributed by atoms with E-state index in [1.54, 1.807) is 12.3 Å². The second-order valence-electron chi connectivity index (χ2n) is 5.42. The highest BCUT2D eigenvalue weighted by molar-refractivity contribution is 5.92. The van der Waals surface area contributed by atoms with Crippen LogP contribution in [0.4, 0.5) is 11.4 Å². The monoisotopic (exact) mass is 281 g/mol. The van der Waals surface area contributed by atoms with E-state index in [0.717, 1.165) is 37.3 Å². The van der Waals surface area contributed by atoms with Crippen LogP contribution in [0.3, 0.4) is 0 Å². The molecule has 4 nitrogen and oxygen atoms in total. The van der Waals surface area contributed by atoms with Crippen LogP contribution in [0.2, 0.25) is 0 Å². The van der Waals surface area contributed by atoms with Crippen molar-refractivity contribution in [2.75, 3.05) is 18.4 Å². The Labute approximate surface area is 124 Å². The molecule has 0 radical (unpaired) electrons. The summed E-state index contributed by atoms with van der Waals surface area (Å²) in [6.07, 6.45) is 3.90. The maximum Gasteiger partial charge on any atom is 0.272 e. The molecule has 1 aromatic carbocycles. The molecule has 3 rings (SSSR count). The van der Waals surface area contributed by atoms with Gasteiger partial charge in [-0.25, -0.2) is 4.98 Å². The van der Waals surface area contributed by atoms with Crippen LogP contribution in [-0.2, 0) is 0 Å². The summed E-state index contributed by atoms with van der Waals surface area (Å²) in [6, 6.07) is 11.9. The highest BCUT2D eigenvalue weighted by Gasteiger charge is 2.20. The molecule has 0 atom stereocenters. The molecule has 1 aliphatic heterocycles. The first-order valence-electron chi connectivity index (χ1n) is 7.31. The van der Waals surface area contributed by atoms with Crippen LogP contribution in [-0.4, -0.2) is 28.9 Å². The van der Waals surface area contributed by atoms with Crippen molar-refractivity contribution >= 4 is 17.3 Å². The van der Waals surface area contributed by atoms with Gasteiger partial charge in [-0.1, -0.05) is 17.7 Å². The number of rotatable bonds is 3. The van der Waals surface area contributed by atoms with Crippen LogP contribution in [0.5, 0.6) is 0 Å². The largest absolute Gasteiger partial charge is 0.354 e. The third kappa shape index (κ3) is 3.21. The quantitative estimate of drug-likeness (QED) is 0.938. The maximum absolute atomic E-state index is 12.2. The number of nitrogens with one attached hydrogen (secondary N) is 1. The molecule has 2 heterocycles. The van der Waals surface area contributed by atoms with Crippen LogP contribution in [0.1, 0.15) is 28.9 Å². The number of benzene rings is 1. The van der Waals surface area contributed by atoms with E-state index in [0.29, 0.717) is 5.69 Å². The molecule has 0 bridgehead atoms. The summed E-state index contributed by atoms with van der Waals surface area (Å²) in [5.41, 5.74) is 3.65. The Kier molecular flexibility index (Phi) is 3.86. The Morgan fingerprint density at radius 3 is 2.33 bits per heavy atom. The first-order valence-corrected chi connectivity index (χ1v) is 7.31. The molecule has 1 saturated heterocycles. The molecule has 21 heavy (non-hydrogen) atoms. The highest BCUT2D eigenvalue weighted by Crippen LogP contribution is 2.17. The van der Waals surface area contributed by atoms with E-state index in [-0.39, 0.29) is 5.91 Å². The van der Waals surface area contributed by atoms with Crippen molar-refractivity contribution < 1.29 is 4.79 Å². The number of hydrogen-bond acceptors (Lipinski definition) is 3. The zero-order valence-electron chi connectivity index (χ0n) is 12.2. The number of hydrogen-bond donors (Lipinski definition) is 1. The molecule has 0 unspecified atom stereocenters. The lowest BCUT2D eigenvalue weighted by atomic mass is 10.2. The van der Waals surface area contributed by atoms with E-state index < -0.39 is 0 Å². The first kappa shape index (κ1) is 13.6. The van der Waals surface area contributed by atoms with Crippen molar-refractivity contribution in [3.63, 3.8) is 0 Å². The molecule has 1 aromatic heterocycles. The van der Waals surface area contributed by atoms with E-state index >= 15 is 0 Å². The minimum Gasteiger partial charge on any atom is -0.354 e. The van der Waals surface area contributed by atoms with Crippen LogP contribution >= 0.6 is 0 Å². The Balaban J connectivity index is 1.68. The van der Waals surface area contributed by atoms with Gasteiger partial charge >= 0.3 is 0 Å². The molecule has 0 aliphatic carbocycles. The van der Waals surface area contributed by atoms with Crippen molar-refractivity contribution in [3.8, 4) is 0 Å². The zero-order chi connectivity index (χ0) is 14.7. The molecular weight excluding hydrogens is 262 g/mol. The highest BCUT2D eigenvalue weighted by atomic mass is 16.2. The Hall–Kier alpha value is -2.36. The van der Waals surface area contributed by atoms with Crippen LogP contribution in [0.25, 0.3) is 0 Å². The van der Waals surface area contributed by atoms with Crippen molar-refractivity contribution in [2.24, 2.45) is 0 Å². The first-order chi connectivity index (χ1) is 10.2. The molecule has 1 amide bonds. The Bertz CT molecular complexity index is 613. The van der Waals surface area contributed by atoms with Gasteiger partial charge in [-0.2, -0.15) is 0 Å². The lowest BCUT2D eigenvalue weighted by molar-refractivity contribution is 0.0787. The summed E-state index contributed by atoms with van der Waals surface area (Å²) >= 11 is 0. The van der Waals surface area contributed by atoms with Gasteiger partial charge in [0.25, 0.3) is 5.91 Å². The number of anilines is 2. The van der Waals surface area contributed by atoms with Gasteiger partial charge < -0.3 is 10.2 Å². The number of amides is 1. The molecule has 0 saturated carbocycles. The van der Waals surface area contributed by atoms with E-state index in [4.69, 9.17) is 0 Å². The number of likely N-dealkylation sites (tertiary alicyclic amines) is 1. The predicted molar refractivity (Wildman–Crippen MR) is 83.8 cm³/mol. The third-order valence-electron chi connectivity index (χ3n) is 3.72. The second-order valence-corrected chi connectivity index (χ2v) is 5.42. The topological polar surface area (TPSA) is 45.2 Å². The summed E-state index contributed by atoms with van der Waals surface area (Å²) in [6.45, 7) is 3.76. The molecule has 1 N–H and O–H groups in total. The van der Waals surface area contributed by atoms with Crippen molar-refractivity contribution in [3.05, 3.63) is 53.9 Å². The molecule has 108 valence electrons. The van der Waals surface area contributed by atoms with E-state index in [1.165, 1.54) is 5.56 Å². The molecular formula is C17H19N3O. The fourth-order valence-electron chi connectivity index (χ4n) is 2.48. The minimum atomic E-state index is 0.0365. The van der Waals surface area contributed by atoms with Gasteiger partial charge in [0.15, 0.2) is 0 Å². The van der Waals surface area contributed by atoms with Crippen molar-refractivity contribution in [1.29, 1.82) is 0 Å². The number of carbonyl (C=O) groups excluding carboxylic acids is 1. The van der Waals surface area contributed by atoms with Crippen LogP contribution in [0, 0.1) is 6.92 Å². The fraction of sp³-hybridized carbons (Fsp3) is 0.294. The number of aryl methyl sites for hydroxylation is 1. The van der Waals surface area contributed by atoms with E-state index in [1.807, 2.05) is 23.1 Å². The average molecular weight is 281 g/mol.